The van der Waals surface area contributed by atoms with Crippen molar-refractivity contribution in [2.75, 3.05) is 0 Å². The lowest BCUT2D eigenvalue weighted by Crippen LogP contribution is -2.40. The van der Waals surface area contributed by atoms with Crippen LogP contribution in [0.4, 0.5) is 0 Å². The molecule has 0 aliphatic rings. The molecule has 0 saturated heterocycles. The van der Waals surface area contributed by atoms with Crippen molar-refractivity contribution in [1.82, 2.24) is 5.32 Å². The van der Waals surface area contributed by atoms with Gasteiger partial charge in [0, 0.05) is 6.54 Å². The first kappa shape index (κ1) is 12.5. The van der Waals surface area contributed by atoms with Gasteiger partial charge in [0.1, 0.15) is 0 Å². The molecule has 1 aromatic rings. The fourth-order valence-electron chi connectivity index (χ4n) is 1.57. The summed E-state index contributed by atoms with van der Waals surface area (Å²) >= 11 is 0. The highest BCUT2D eigenvalue weighted by atomic mass is 16.4. The van der Waals surface area contributed by atoms with E-state index in [2.05, 4.69) is 29.5 Å². The summed E-state index contributed by atoms with van der Waals surface area (Å²) in [6, 6.07) is 8.08. The Labute approximate surface area is 96.2 Å². The van der Waals surface area contributed by atoms with Crippen LogP contribution in [0.2, 0.25) is 0 Å². The van der Waals surface area contributed by atoms with E-state index in [4.69, 9.17) is 10.9 Å². The fourth-order valence-corrected chi connectivity index (χ4v) is 1.57. The number of oxime groups is 1. The van der Waals surface area contributed by atoms with E-state index >= 15 is 0 Å². The zero-order valence-corrected chi connectivity index (χ0v) is 9.77. The molecular formula is C12H19N3O. The zero-order valence-electron chi connectivity index (χ0n) is 9.77. The maximum atomic E-state index is 8.61. The van der Waals surface area contributed by atoms with Crippen molar-refractivity contribution in [3.8, 4) is 0 Å². The maximum Gasteiger partial charge on any atom is 0.156 e. The van der Waals surface area contributed by atoms with E-state index in [-0.39, 0.29) is 11.9 Å². The summed E-state index contributed by atoms with van der Waals surface area (Å²) in [5.41, 5.74) is 8.04. The van der Waals surface area contributed by atoms with Crippen LogP contribution in [-0.4, -0.2) is 17.1 Å². The van der Waals surface area contributed by atoms with Crippen molar-refractivity contribution in [3.05, 3.63) is 35.4 Å². The predicted octanol–water partition coefficient (Wildman–Crippen LogP) is 1.61. The summed E-state index contributed by atoms with van der Waals surface area (Å²) in [7, 11) is 0. The third kappa shape index (κ3) is 3.24. The van der Waals surface area contributed by atoms with Crippen molar-refractivity contribution in [2.24, 2.45) is 10.9 Å². The van der Waals surface area contributed by atoms with Gasteiger partial charge < -0.3 is 16.3 Å². The van der Waals surface area contributed by atoms with Gasteiger partial charge in [0.05, 0.1) is 6.04 Å². The van der Waals surface area contributed by atoms with Crippen molar-refractivity contribution < 1.29 is 5.21 Å². The Morgan fingerprint density at radius 1 is 1.50 bits per heavy atom. The van der Waals surface area contributed by atoms with E-state index in [1.54, 1.807) is 0 Å². The Hall–Kier alpha value is -1.55. The highest BCUT2D eigenvalue weighted by Gasteiger charge is 2.10. The molecule has 4 N–H and O–H groups in total. The molecule has 0 aromatic heterocycles. The minimum absolute atomic E-state index is 0.0791. The van der Waals surface area contributed by atoms with Gasteiger partial charge in [0.25, 0.3) is 0 Å². The summed E-state index contributed by atoms with van der Waals surface area (Å²) in [4.78, 5) is 0. The Morgan fingerprint density at radius 3 is 2.75 bits per heavy atom. The van der Waals surface area contributed by atoms with Crippen LogP contribution in [0.25, 0.3) is 0 Å². The molecule has 16 heavy (non-hydrogen) atoms. The van der Waals surface area contributed by atoms with E-state index in [9.17, 15) is 0 Å². The second-order valence-corrected chi connectivity index (χ2v) is 3.79. The van der Waals surface area contributed by atoms with Gasteiger partial charge in [-0.2, -0.15) is 0 Å². The van der Waals surface area contributed by atoms with Gasteiger partial charge in [-0.3, -0.25) is 0 Å². The molecule has 88 valence electrons. The smallest absolute Gasteiger partial charge is 0.156 e. The first-order valence-corrected chi connectivity index (χ1v) is 5.44. The molecule has 1 unspecified atom stereocenters. The summed E-state index contributed by atoms with van der Waals surface area (Å²) in [5, 5.41) is 14.9. The minimum atomic E-state index is -0.0791. The lowest BCUT2D eigenvalue weighted by atomic mass is 10.1. The first-order valence-electron chi connectivity index (χ1n) is 5.44. The van der Waals surface area contributed by atoms with Gasteiger partial charge in [-0.1, -0.05) is 36.3 Å². The van der Waals surface area contributed by atoms with Crippen LogP contribution >= 0.6 is 0 Å². The van der Waals surface area contributed by atoms with Crippen molar-refractivity contribution in [2.45, 2.75) is 32.9 Å². The standard InChI is InChI=1S/C12H19N3O/c1-3-11(12(13)15-16)14-8-10-7-5-4-6-9(10)2/h4-7,11,14,16H,3,8H2,1-2H3,(H2,13,15). The van der Waals surface area contributed by atoms with E-state index in [1.807, 2.05) is 19.1 Å². The molecule has 0 radical (unpaired) electrons. The van der Waals surface area contributed by atoms with E-state index in [0.29, 0.717) is 0 Å². The van der Waals surface area contributed by atoms with Crippen LogP contribution in [0.5, 0.6) is 0 Å². The number of aryl methyl sites for hydroxylation is 1. The lowest BCUT2D eigenvalue weighted by Gasteiger charge is -2.16. The van der Waals surface area contributed by atoms with Gasteiger partial charge in [-0.05, 0) is 24.5 Å². The Morgan fingerprint density at radius 2 is 2.19 bits per heavy atom. The highest BCUT2D eigenvalue weighted by Crippen LogP contribution is 2.07. The molecule has 4 heteroatoms. The number of hydrogen-bond donors (Lipinski definition) is 3. The third-order valence-electron chi connectivity index (χ3n) is 2.68. The number of hydrogen-bond acceptors (Lipinski definition) is 3. The number of nitrogens with zero attached hydrogens (tertiary/aromatic N) is 1. The van der Waals surface area contributed by atoms with E-state index < -0.39 is 0 Å². The number of rotatable bonds is 5. The highest BCUT2D eigenvalue weighted by molar-refractivity contribution is 5.85. The molecule has 0 heterocycles. The SMILES string of the molecule is CCC(NCc1ccccc1C)C(N)=NO. The molecule has 1 rings (SSSR count). The van der Waals surface area contributed by atoms with Crippen molar-refractivity contribution >= 4 is 5.84 Å². The van der Waals surface area contributed by atoms with Gasteiger partial charge in [-0.25, -0.2) is 0 Å². The number of nitrogens with two attached hydrogens (primary N) is 1. The van der Waals surface area contributed by atoms with Gasteiger partial charge in [0.15, 0.2) is 5.84 Å². The number of amidine groups is 1. The van der Waals surface area contributed by atoms with Crippen LogP contribution in [0.3, 0.4) is 0 Å². The van der Waals surface area contributed by atoms with Crippen molar-refractivity contribution in [3.63, 3.8) is 0 Å². The van der Waals surface area contributed by atoms with Crippen LogP contribution in [-0.2, 0) is 6.54 Å². The second kappa shape index (κ2) is 6.12. The second-order valence-electron chi connectivity index (χ2n) is 3.79. The zero-order chi connectivity index (χ0) is 12.0. The molecule has 0 fully saturated rings. The number of benzene rings is 1. The molecule has 4 nitrogen and oxygen atoms in total. The normalized spacial score (nSPS) is 13.8. The lowest BCUT2D eigenvalue weighted by molar-refractivity contribution is 0.314. The Bertz CT molecular complexity index is 363. The number of nitrogens with one attached hydrogen (secondary N) is 1. The molecular weight excluding hydrogens is 202 g/mol. The Kier molecular flexibility index (Phi) is 4.79. The largest absolute Gasteiger partial charge is 0.409 e. The fraction of sp³-hybridized carbons (Fsp3) is 0.417. The van der Waals surface area contributed by atoms with Crippen molar-refractivity contribution in [1.29, 1.82) is 0 Å². The third-order valence-corrected chi connectivity index (χ3v) is 2.68. The molecule has 1 aromatic carbocycles. The summed E-state index contributed by atoms with van der Waals surface area (Å²) < 4.78 is 0. The molecule has 0 bridgehead atoms. The summed E-state index contributed by atoms with van der Waals surface area (Å²) in [6.07, 6.45) is 0.793. The maximum absolute atomic E-state index is 8.61. The average Bonchev–Trinajstić information content (AvgIpc) is 2.31. The average molecular weight is 221 g/mol. The van der Waals surface area contributed by atoms with Crippen LogP contribution in [0, 0.1) is 6.92 Å². The van der Waals surface area contributed by atoms with Crippen LogP contribution in [0.15, 0.2) is 29.4 Å². The monoisotopic (exact) mass is 221 g/mol. The quantitative estimate of drug-likeness (QED) is 0.306. The molecule has 0 saturated carbocycles. The molecule has 1 atom stereocenters. The summed E-state index contributed by atoms with van der Waals surface area (Å²) in [6.45, 7) is 4.79. The molecule has 0 aliphatic carbocycles. The van der Waals surface area contributed by atoms with Gasteiger partial charge >= 0.3 is 0 Å². The Balaban J connectivity index is 2.60. The van der Waals surface area contributed by atoms with Gasteiger partial charge in [-0.15, -0.1) is 0 Å². The van der Waals surface area contributed by atoms with E-state index in [1.165, 1.54) is 11.1 Å². The van der Waals surface area contributed by atoms with Crippen LogP contribution in [0.1, 0.15) is 24.5 Å². The predicted molar refractivity (Wildman–Crippen MR) is 65.5 cm³/mol. The minimum Gasteiger partial charge on any atom is -0.409 e. The summed E-state index contributed by atoms with van der Waals surface area (Å²) in [5.74, 6) is 0.232. The first-order chi connectivity index (χ1) is 7.69. The molecule has 0 aliphatic heterocycles. The van der Waals surface area contributed by atoms with Crippen LogP contribution < -0.4 is 11.1 Å². The molecule has 0 amide bonds. The topological polar surface area (TPSA) is 70.6 Å². The van der Waals surface area contributed by atoms with Gasteiger partial charge in [0.2, 0.25) is 0 Å². The van der Waals surface area contributed by atoms with E-state index in [0.717, 1.165) is 13.0 Å². The molecule has 0 spiro atoms.